The molecular formula is C15H17NO2S. The molecule has 1 heterocycles. The zero-order valence-electron chi connectivity index (χ0n) is 11.0. The summed E-state index contributed by atoms with van der Waals surface area (Å²) in [6.07, 6.45) is 1.31. The second-order valence-corrected chi connectivity index (χ2v) is 5.32. The Labute approximate surface area is 117 Å². The van der Waals surface area contributed by atoms with E-state index < -0.39 is 6.10 Å². The highest BCUT2D eigenvalue weighted by Gasteiger charge is 2.09. The number of aliphatic hydroxyl groups excluding tert-OH is 1. The topological polar surface area (TPSA) is 42.4 Å². The number of rotatable bonds is 5. The number of benzene rings is 1. The summed E-state index contributed by atoms with van der Waals surface area (Å²) in [4.78, 5) is 4.30. The summed E-state index contributed by atoms with van der Waals surface area (Å²) in [5, 5.41) is 11.1. The Morgan fingerprint density at radius 1 is 1.32 bits per heavy atom. The molecule has 0 bridgehead atoms. The first-order valence-electron chi connectivity index (χ1n) is 6.06. The molecule has 100 valence electrons. The van der Waals surface area contributed by atoms with Gasteiger partial charge in [0.15, 0.2) is 0 Å². The van der Waals surface area contributed by atoms with Gasteiger partial charge in [-0.3, -0.25) is 0 Å². The van der Waals surface area contributed by atoms with E-state index in [0.29, 0.717) is 5.75 Å². The Hall–Kier alpha value is -1.52. The Morgan fingerprint density at radius 3 is 2.84 bits per heavy atom. The van der Waals surface area contributed by atoms with Crippen molar-refractivity contribution in [3.05, 3.63) is 53.7 Å². The highest BCUT2D eigenvalue weighted by atomic mass is 32.2. The van der Waals surface area contributed by atoms with E-state index in [1.807, 2.05) is 49.5 Å². The first-order valence-corrected chi connectivity index (χ1v) is 7.05. The number of pyridine rings is 1. The van der Waals surface area contributed by atoms with Crippen molar-refractivity contribution in [3.63, 3.8) is 0 Å². The smallest absolute Gasteiger partial charge is 0.119 e. The number of thioether (sulfide) groups is 1. The van der Waals surface area contributed by atoms with Crippen LogP contribution < -0.4 is 4.74 Å². The molecule has 19 heavy (non-hydrogen) atoms. The molecule has 0 fully saturated rings. The van der Waals surface area contributed by atoms with Gasteiger partial charge >= 0.3 is 0 Å². The summed E-state index contributed by atoms with van der Waals surface area (Å²) in [5.41, 5.74) is 2.00. The van der Waals surface area contributed by atoms with Gasteiger partial charge < -0.3 is 9.84 Å². The third-order valence-electron chi connectivity index (χ3n) is 2.75. The van der Waals surface area contributed by atoms with Crippen LogP contribution in [0.3, 0.4) is 0 Å². The van der Waals surface area contributed by atoms with E-state index >= 15 is 0 Å². The van der Waals surface area contributed by atoms with Crippen LogP contribution in [0.4, 0.5) is 0 Å². The lowest BCUT2D eigenvalue weighted by atomic mass is 10.1. The summed E-state index contributed by atoms with van der Waals surface area (Å²) in [6, 6.07) is 11.5. The van der Waals surface area contributed by atoms with Crippen LogP contribution >= 0.6 is 11.8 Å². The van der Waals surface area contributed by atoms with E-state index in [-0.39, 0.29) is 0 Å². The molecule has 0 spiro atoms. The number of ether oxygens (including phenoxy) is 1. The summed E-state index contributed by atoms with van der Waals surface area (Å²) < 4.78 is 5.15. The van der Waals surface area contributed by atoms with Crippen LogP contribution in [0.25, 0.3) is 0 Å². The second-order valence-electron chi connectivity index (χ2n) is 4.28. The number of nitrogens with zero attached hydrogens (tertiary/aromatic N) is 1. The molecule has 0 amide bonds. The van der Waals surface area contributed by atoms with Gasteiger partial charge in [0.25, 0.3) is 0 Å². The summed E-state index contributed by atoms with van der Waals surface area (Å²) in [6.45, 7) is 2.01. The SMILES string of the molecule is COc1cccc([C@H](O)CSc2ccc(C)cn2)c1. The van der Waals surface area contributed by atoms with Crippen molar-refractivity contribution in [2.75, 3.05) is 12.9 Å². The van der Waals surface area contributed by atoms with Gasteiger partial charge in [-0.05, 0) is 36.2 Å². The Bertz CT molecular complexity index is 528. The molecule has 0 aliphatic heterocycles. The van der Waals surface area contributed by atoms with Crippen molar-refractivity contribution >= 4 is 11.8 Å². The van der Waals surface area contributed by atoms with Crippen LogP contribution in [0.15, 0.2) is 47.6 Å². The lowest BCUT2D eigenvalue weighted by molar-refractivity contribution is 0.203. The Balaban J connectivity index is 1.96. The first kappa shape index (κ1) is 13.9. The average molecular weight is 275 g/mol. The molecule has 0 aliphatic rings. The summed E-state index contributed by atoms with van der Waals surface area (Å²) >= 11 is 1.54. The fourth-order valence-corrected chi connectivity index (χ4v) is 2.46. The summed E-state index contributed by atoms with van der Waals surface area (Å²) in [5.74, 6) is 1.33. The number of aryl methyl sites for hydroxylation is 1. The molecule has 0 radical (unpaired) electrons. The fourth-order valence-electron chi connectivity index (χ4n) is 1.65. The van der Waals surface area contributed by atoms with Gasteiger partial charge in [0.1, 0.15) is 5.75 Å². The molecule has 4 heteroatoms. The number of methoxy groups -OCH3 is 1. The number of hydrogen-bond acceptors (Lipinski definition) is 4. The normalized spacial score (nSPS) is 12.2. The van der Waals surface area contributed by atoms with E-state index in [0.717, 1.165) is 21.9 Å². The molecule has 0 saturated heterocycles. The third kappa shape index (κ3) is 3.98. The molecule has 0 unspecified atom stereocenters. The quantitative estimate of drug-likeness (QED) is 0.851. The largest absolute Gasteiger partial charge is 0.497 e. The molecule has 2 aromatic rings. The highest BCUT2D eigenvalue weighted by Crippen LogP contribution is 2.25. The monoisotopic (exact) mass is 275 g/mol. The molecule has 0 saturated carbocycles. The lowest BCUT2D eigenvalue weighted by Gasteiger charge is -2.11. The van der Waals surface area contributed by atoms with E-state index in [9.17, 15) is 5.11 Å². The van der Waals surface area contributed by atoms with Crippen LogP contribution in [0.2, 0.25) is 0 Å². The predicted octanol–water partition coefficient (Wildman–Crippen LogP) is 3.22. The molecule has 2 rings (SSSR count). The van der Waals surface area contributed by atoms with Crippen molar-refractivity contribution in [1.29, 1.82) is 0 Å². The number of aromatic nitrogens is 1. The fraction of sp³-hybridized carbons (Fsp3) is 0.267. The van der Waals surface area contributed by atoms with Crippen LogP contribution in [-0.4, -0.2) is 23.0 Å². The highest BCUT2D eigenvalue weighted by molar-refractivity contribution is 7.99. The lowest BCUT2D eigenvalue weighted by Crippen LogP contribution is -2.01. The first-order chi connectivity index (χ1) is 9.19. The molecule has 1 atom stereocenters. The molecule has 1 N–H and O–H groups in total. The van der Waals surface area contributed by atoms with Gasteiger partial charge in [-0.15, -0.1) is 11.8 Å². The molecule has 0 aliphatic carbocycles. The third-order valence-corrected chi connectivity index (χ3v) is 3.77. The van der Waals surface area contributed by atoms with Crippen molar-refractivity contribution in [2.24, 2.45) is 0 Å². The van der Waals surface area contributed by atoms with Gasteiger partial charge in [0.2, 0.25) is 0 Å². The zero-order valence-corrected chi connectivity index (χ0v) is 11.9. The summed E-state index contributed by atoms with van der Waals surface area (Å²) in [7, 11) is 1.62. The minimum absolute atomic E-state index is 0.525. The van der Waals surface area contributed by atoms with Crippen molar-refractivity contribution < 1.29 is 9.84 Å². The standard InChI is InChI=1S/C15H17NO2S/c1-11-6-7-15(16-9-11)19-10-14(17)12-4-3-5-13(8-12)18-2/h3-9,14,17H,10H2,1-2H3/t14-/m1/s1. The van der Waals surface area contributed by atoms with E-state index in [1.165, 1.54) is 0 Å². The van der Waals surface area contributed by atoms with Gasteiger partial charge in [-0.25, -0.2) is 4.98 Å². The van der Waals surface area contributed by atoms with E-state index in [4.69, 9.17) is 4.74 Å². The van der Waals surface area contributed by atoms with Crippen molar-refractivity contribution in [2.45, 2.75) is 18.1 Å². The van der Waals surface area contributed by atoms with Gasteiger partial charge in [-0.1, -0.05) is 18.2 Å². The molecular weight excluding hydrogens is 258 g/mol. The van der Waals surface area contributed by atoms with E-state index in [2.05, 4.69) is 4.98 Å². The molecule has 3 nitrogen and oxygen atoms in total. The minimum atomic E-state index is -0.525. The maximum absolute atomic E-state index is 10.2. The zero-order chi connectivity index (χ0) is 13.7. The number of aliphatic hydroxyl groups is 1. The van der Waals surface area contributed by atoms with Crippen LogP contribution in [0.1, 0.15) is 17.2 Å². The number of hydrogen-bond donors (Lipinski definition) is 1. The average Bonchev–Trinajstić information content (AvgIpc) is 2.46. The van der Waals surface area contributed by atoms with Gasteiger partial charge in [-0.2, -0.15) is 0 Å². The second kappa shape index (κ2) is 6.59. The van der Waals surface area contributed by atoms with Crippen LogP contribution in [0.5, 0.6) is 5.75 Å². The molecule has 1 aromatic heterocycles. The minimum Gasteiger partial charge on any atom is -0.497 e. The van der Waals surface area contributed by atoms with Crippen LogP contribution in [-0.2, 0) is 0 Å². The van der Waals surface area contributed by atoms with Gasteiger partial charge in [0.05, 0.1) is 18.2 Å². The Morgan fingerprint density at radius 2 is 2.16 bits per heavy atom. The van der Waals surface area contributed by atoms with E-state index in [1.54, 1.807) is 18.9 Å². The van der Waals surface area contributed by atoms with Crippen molar-refractivity contribution in [1.82, 2.24) is 4.98 Å². The molecule has 1 aromatic carbocycles. The van der Waals surface area contributed by atoms with Crippen molar-refractivity contribution in [3.8, 4) is 5.75 Å². The maximum atomic E-state index is 10.2. The Kier molecular flexibility index (Phi) is 4.82. The van der Waals surface area contributed by atoms with Crippen LogP contribution in [0, 0.1) is 6.92 Å². The van der Waals surface area contributed by atoms with Gasteiger partial charge in [0, 0.05) is 11.9 Å². The predicted molar refractivity (Wildman–Crippen MR) is 77.7 cm³/mol. The maximum Gasteiger partial charge on any atom is 0.119 e.